The van der Waals surface area contributed by atoms with Gasteiger partial charge in [-0.1, -0.05) is 17.7 Å². The van der Waals surface area contributed by atoms with Crippen molar-refractivity contribution >= 4 is 29.2 Å². The lowest BCUT2D eigenvalue weighted by molar-refractivity contribution is -0.152. The van der Waals surface area contributed by atoms with Crippen molar-refractivity contribution in [3.63, 3.8) is 0 Å². The zero-order chi connectivity index (χ0) is 13.0. The summed E-state index contributed by atoms with van der Waals surface area (Å²) in [6.07, 6.45) is 0. The molecule has 0 saturated heterocycles. The molecule has 4 nitrogen and oxygen atoms in total. The first-order valence-electron chi connectivity index (χ1n) is 5.21. The normalized spacial score (nSPS) is 9.88. The quantitative estimate of drug-likeness (QED) is 0.652. The monoisotopic (exact) mass is 255 g/mol. The highest BCUT2D eigenvalue weighted by Crippen LogP contribution is 2.26. The van der Waals surface area contributed by atoms with Crippen LogP contribution in [0.5, 0.6) is 0 Å². The van der Waals surface area contributed by atoms with Crippen LogP contribution in [0.4, 0.5) is 5.69 Å². The Morgan fingerprint density at radius 1 is 1.35 bits per heavy atom. The number of benzene rings is 1. The molecule has 1 N–H and O–H groups in total. The third kappa shape index (κ3) is 3.20. The molecular formula is C12H14ClNO3. The second-order valence-electron chi connectivity index (χ2n) is 3.54. The Bertz CT molecular complexity index is 457. The van der Waals surface area contributed by atoms with E-state index in [2.05, 4.69) is 10.1 Å². The van der Waals surface area contributed by atoms with E-state index < -0.39 is 11.9 Å². The van der Waals surface area contributed by atoms with Gasteiger partial charge in [0.1, 0.15) is 0 Å². The van der Waals surface area contributed by atoms with Gasteiger partial charge >= 0.3 is 11.9 Å². The maximum Gasteiger partial charge on any atom is 0.397 e. The molecule has 0 spiro atoms. The molecule has 5 heteroatoms. The van der Waals surface area contributed by atoms with Crippen LogP contribution in [0.15, 0.2) is 12.1 Å². The lowest BCUT2D eigenvalue weighted by atomic mass is 10.1. The Morgan fingerprint density at radius 2 is 2.00 bits per heavy atom. The van der Waals surface area contributed by atoms with E-state index in [0.717, 1.165) is 11.1 Å². The summed E-state index contributed by atoms with van der Waals surface area (Å²) in [5.41, 5.74) is 2.12. The van der Waals surface area contributed by atoms with Crippen LogP contribution in [0.2, 0.25) is 5.02 Å². The van der Waals surface area contributed by atoms with E-state index in [-0.39, 0.29) is 6.61 Å². The number of aryl methyl sites for hydroxylation is 1. The fourth-order valence-electron chi connectivity index (χ4n) is 1.38. The smallest absolute Gasteiger partial charge is 0.397 e. The minimum absolute atomic E-state index is 0.166. The fourth-order valence-corrected chi connectivity index (χ4v) is 1.53. The van der Waals surface area contributed by atoms with E-state index in [9.17, 15) is 9.59 Å². The molecule has 1 rings (SSSR count). The van der Waals surface area contributed by atoms with Crippen molar-refractivity contribution in [2.45, 2.75) is 20.8 Å². The zero-order valence-electron chi connectivity index (χ0n) is 9.96. The molecule has 0 saturated carbocycles. The average molecular weight is 256 g/mol. The number of anilines is 1. The Balaban J connectivity index is 2.92. The zero-order valence-corrected chi connectivity index (χ0v) is 10.7. The fraction of sp³-hybridized carbons (Fsp3) is 0.333. The van der Waals surface area contributed by atoms with Gasteiger partial charge in [0.2, 0.25) is 0 Å². The molecular weight excluding hydrogens is 242 g/mol. The summed E-state index contributed by atoms with van der Waals surface area (Å²) in [5.74, 6) is -1.69. The summed E-state index contributed by atoms with van der Waals surface area (Å²) in [7, 11) is 0. The van der Waals surface area contributed by atoms with Gasteiger partial charge in [0.15, 0.2) is 0 Å². The van der Waals surface area contributed by atoms with Gasteiger partial charge in [-0.15, -0.1) is 0 Å². The molecule has 0 unspecified atom stereocenters. The average Bonchev–Trinajstić information content (AvgIpc) is 2.29. The number of hydrogen-bond acceptors (Lipinski definition) is 3. The van der Waals surface area contributed by atoms with E-state index in [4.69, 9.17) is 11.6 Å². The summed E-state index contributed by atoms with van der Waals surface area (Å²) in [5, 5.41) is 3.04. The third-order valence-corrected chi connectivity index (χ3v) is 2.72. The minimum atomic E-state index is -0.897. The van der Waals surface area contributed by atoms with E-state index in [1.54, 1.807) is 26.0 Å². The van der Waals surface area contributed by atoms with Crippen molar-refractivity contribution in [3.8, 4) is 0 Å². The summed E-state index contributed by atoms with van der Waals surface area (Å²) < 4.78 is 4.60. The Hall–Kier alpha value is -1.55. The highest BCUT2D eigenvalue weighted by Gasteiger charge is 2.17. The van der Waals surface area contributed by atoms with E-state index in [1.807, 2.05) is 6.92 Å². The molecule has 0 aromatic heterocycles. The summed E-state index contributed by atoms with van der Waals surface area (Å²) >= 11 is 5.94. The van der Waals surface area contributed by atoms with Gasteiger partial charge in [0, 0.05) is 10.7 Å². The number of hydrogen-bond donors (Lipinski definition) is 1. The number of ether oxygens (including phenoxy) is 1. The first-order chi connectivity index (χ1) is 7.97. The van der Waals surface area contributed by atoms with Crippen molar-refractivity contribution in [2.24, 2.45) is 0 Å². The number of nitrogens with one attached hydrogen (secondary N) is 1. The molecule has 92 valence electrons. The first kappa shape index (κ1) is 13.5. The maximum absolute atomic E-state index is 11.5. The molecule has 0 fully saturated rings. The third-order valence-electron chi connectivity index (χ3n) is 2.31. The number of carbonyl (C=O) groups is 2. The minimum Gasteiger partial charge on any atom is -0.459 e. The van der Waals surface area contributed by atoms with Crippen LogP contribution in [-0.4, -0.2) is 18.5 Å². The van der Waals surface area contributed by atoms with Gasteiger partial charge in [0.05, 0.1) is 6.61 Å². The van der Waals surface area contributed by atoms with Gasteiger partial charge in [-0.25, -0.2) is 4.79 Å². The lowest BCUT2D eigenvalue weighted by Crippen LogP contribution is -2.25. The highest BCUT2D eigenvalue weighted by molar-refractivity contribution is 6.38. The number of esters is 1. The Morgan fingerprint density at radius 3 is 2.59 bits per heavy atom. The van der Waals surface area contributed by atoms with Crippen LogP contribution in [0, 0.1) is 13.8 Å². The predicted octanol–water partition coefficient (Wildman–Crippen LogP) is 2.46. The second kappa shape index (κ2) is 5.68. The van der Waals surface area contributed by atoms with Gasteiger partial charge in [0.25, 0.3) is 0 Å². The van der Waals surface area contributed by atoms with E-state index in [0.29, 0.717) is 10.7 Å². The van der Waals surface area contributed by atoms with Crippen LogP contribution in [0.3, 0.4) is 0 Å². The largest absolute Gasteiger partial charge is 0.459 e. The molecule has 1 amide bonds. The van der Waals surface area contributed by atoms with Gasteiger partial charge in [-0.05, 0) is 38.0 Å². The molecule has 0 aliphatic carbocycles. The molecule has 0 heterocycles. The number of rotatable bonds is 2. The van der Waals surface area contributed by atoms with Crippen molar-refractivity contribution in [3.05, 3.63) is 28.3 Å². The highest BCUT2D eigenvalue weighted by atomic mass is 35.5. The molecule has 0 bridgehead atoms. The van der Waals surface area contributed by atoms with Gasteiger partial charge in [-0.3, -0.25) is 4.79 Å². The van der Waals surface area contributed by atoms with Crippen LogP contribution in [-0.2, 0) is 14.3 Å². The van der Waals surface area contributed by atoms with Gasteiger partial charge in [-0.2, -0.15) is 0 Å². The summed E-state index contributed by atoms with van der Waals surface area (Å²) in [4.78, 5) is 22.7. The summed E-state index contributed by atoms with van der Waals surface area (Å²) in [6, 6.07) is 3.52. The Labute approximate surface area is 105 Å². The van der Waals surface area contributed by atoms with E-state index in [1.165, 1.54) is 0 Å². The van der Waals surface area contributed by atoms with E-state index >= 15 is 0 Å². The number of carbonyl (C=O) groups excluding carboxylic acids is 2. The van der Waals surface area contributed by atoms with Gasteiger partial charge < -0.3 is 10.1 Å². The second-order valence-corrected chi connectivity index (χ2v) is 3.95. The number of amides is 1. The van der Waals surface area contributed by atoms with Crippen molar-refractivity contribution in [1.82, 2.24) is 0 Å². The molecule has 1 aromatic rings. The topological polar surface area (TPSA) is 55.4 Å². The molecule has 0 aliphatic rings. The predicted molar refractivity (Wildman–Crippen MR) is 66.2 cm³/mol. The standard InChI is InChI=1S/C12H14ClNO3/c1-4-17-12(16)11(15)14-10-7(2)5-6-9(13)8(10)3/h5-6H,4H2,1-3H3,(H,14,15). The summed E-state index contributed by atoms with van der Waals surface area (Å²) in [6.45, 7) is 5.40. The first-order valence-corrected chi connectivity index (χ1v) is 5.59. The Kier molecular flexibility index (Phi) is 4.52. The number of halogens is 1. The SMILES string of the molecule is CCOC(=O)C(=O)Nc1c(C)ccc(Cl)c1C. The van der Waals surface area contributed by atoms with Crippen LogP contribution in [0.1, 0.15) is 18.1 Å². The van der Waals surface area contributed by atoms with Crippen molar-refractivity contribution in [2.75, 3.05) is 11.9 Å². The lowest BCUT2D eigenvalue weighted by Gasteiger charge is -2.12. The molecule has 0 radical (unpaired) electrons. The van der Waals surface area contributed by atoms with Crippen molar-refractivity contribution < 1.29 is 14.3 Å². The molecule has 17 heavy (non-hydrogen) atoms. The molecule has 0 atom stereocenters. The maximum atomic E-state index is 11.5. The molecule has 0 aliphatic heterocycles. The van der Waals surface area contributed by atoms with Crippen LogP contribution in [0.25, 0.3) is 0 Å². The van der Waals surface area contributed by atoms with Crippen molar-refractivity contribution in [1.29, 1.82) is 0 Å². The van der Waals surface area contributed by atoms with Crippen LogP contribution >= 0.6 is 11.6 Å². The molecule has 1 aromatic carbocycles. The van der Waals surface area contributed by atoms with Crippen LogP contribution < -0.4 is 5.32 Å².